The highest BCUT2D eigenvalue weighted by atomic mass is 15.1. The summed E-state index contributed by atoms with van der Waals surface area (Å²) in [6, 6.07) is 0. The van der Waals surface area contributed by atoms with Crippen LogP contribution < -0.4 is 0 Å². The molecule has 0 aromatic carbocycles. The molecule has 1 aliphatic carbocycles. The summed E-state index contributed by atoms with van der Waals surface area (Å²) in [4.78, 5) is 2.53. The third-order valence-corrected chi connectivity index (χ3v) is 4.37. The summed E-state index contributed by atoms with van der Waals surface area (Å²) in [6.07, 6.45) is 8.80. The second kappa shape index (κ2) is 6.78. The van der Waals surface area contributed by atoms with Crippen LogP contribution in [0.5, 0.6) is 0 Å². The van der Waals surface area contributed by atoms with Crippen molar-refractivity contribution in [2.45, 2.75) is 66.2 Å². The Balaban J connectivity index is 2.26. The van der Waals surface area contributed by atoms with Crippen molar-refractivity contribution in [1.82, 2.24) is 4.90 Å². The minimum atomic E-state index is 0.732. The lowest BCUT2D eigenvalue weighted by Gasteiger charge is -2.43. The molecule has 1 heteroatoms. The average Bonchev–Trinajstić information content (AvgIpc) is 2.14. The number of rotatable bonds is 8. The third-order valence-electron chi connectivity index (χ3n) is 4.37. The van der Waals surface area contributed by atoms with E-state index < -0.39 is 0 Å². The first-order valence-corrected chi connectivity index (χ1v) is 7.62. The van der Waals surface area contributed by atoms with Gasteiger partial charge >= 0.3 is 0 Å². The summed E-state index contributed by atoms with van der Waals surface area (Å²) in [5.74, 6) is 1.67. The summed E-state index contributed by atoms with van der Waals surface area (Å²) in [5.41, 5.74) is 0.732. The predicted octanol–water partition coefficient (Wildman–Crippen LogP) is 4.57. The van der Waals surface area contributed by atoms with Gasteiger partial charge in [-0.25, -0.2) is 0 Å². The Hall–Kier alpha value is -0.0400. The highest BCUT2D eigenvalue weighted by molar-refractivity contribution is 4.88. The molecule has 1 aliphatic rings. The van der Waals surface area contributed by atoms with Crippen LogP contribution in [0.25, 0.3) is 0 Å². The molecule has 102 valence electrons. The first-order chi connectivity index (χ1) is 7.93. The van der Waals surface area contributed by atoms with Gasteiger partial charge in [0.05, 0.1) is 0 Å². The van der Waals surface area contributed by atoms with Gasteiger partial charge in [-0.2, -0.15) is 0 Å². The van der Waals surface area contributed by atoms with E-state index in [0.29, 0.717) is 0 Å². The van der Waals surface area contributed by atoms with Crippen molar-refractivity contribution < 1.29 is 0 Å². The minimum absolute atomic E-state index is 0.732. The standard InChI is InChI=1S/C16H33N/c1-14(2)7-10-16(8-6-9-16)11-12-17(5)13-15(3)4/h14-15H,6-13H2,1-5H3. The summed E-state index contributed by atoms with van der Waals surface area (Å²) in [5, 5.41) is 0. The van der Waals surface area contributed by atoms with Crippen LogP contribution in [0.3, 0.4) is 0 Å². The largest absolute Gasteiger partial charge is 0.306 e. The SMILES string of the molecule is CC(C)CCC1(CCN(C)CC(C)C)CCC1. The molecule has 0 atom stereocenters. The quantitative estimate of drug-likeness (QED) is 0.599. The Labute approximate surface area is 109 Å². The van der Waals surface area contributed by atoms with E-state index in [2.05, 4.69) is 39.6 Å². The first-order valence-electron chi connectivity index (χ1n) is 7.62. The second-order valence-electron chi connectivity index (χ2n) is 7.19. The van der Waals surface area contributed by atoms with Crippen LogP contribution in [-0.4, -0.2) is 25.0 Å². The zero-order chi connectivity index (χ0) is 12.9. The van der Waals surface area contributed by atoms with Crippen molar-refractivity contribution >= 4 is 0 Å². The molecule has 1 saturated carbocycles. The molecular weight excluding hydrogens is 206 g/mol. The normalized spacial score (nSPS) is 19.1. The van der Waals surface area contributed by atoms with Crippen molar-refractivity contribution in [3.63, 3.8) is 0 Å². The first kappa shape index (κ1) is 15.0. The lowest BCUT2D eigenvalue weighted by atomic mass is 9.63. The Morgan fingerprint density at radius 1 is 1.00 bits per heavy atom. The van der Waals surface area contributed by atoms with Crippen molar-refractivity contribution in [3.8, 4) is 0 Å². The molecule has 0 spiro atoms. The maximum absolute atomic E-state index is 2.53. The molecule has 0 amide bonds. The Kier molecular flexibility index (Phi) is 5.99. The molecule has 0 N–H and O–H groups in total. The van der Waals surface area contributed by atoms with E-state index >= 15 is 0 Å². The Bertz CT molecular complexity index is 204. The van der Waals surface area contributed by atoms with Crippen LogP contribution in [0.1, 0.15) is 66.2 Å². The van der Waals surface area contributed by atoms with Crippen molar-refractivity contribution in [2.75, 3.05) is 20.1 Å². The molecule has 17 heavy (non-hydrogen) atoms. The van der Waals surface area contributed by atoms with Gasteiger partial charge in [-0.05, 0) is 56.5 Å². The van der Waals surface area contributed by atoms with Gasteiger partial charge in [0.25, 0.3) is 0 Å². The van der Waals surface area contributed by atoms with Gasteiger partial charge in [-0.1, -0.05) is 40.5 Å². The van der Waals surface area contributed by atoms with E-state index in [1.807, 2.05) is 0 Å². The van der Waals surface area contributed by atoms with Gasteiger partial charge < -0.3 is 4.90 Å². The average molecular weight is 239 g/mol. The molecule has 0 saturated heterocycles. The lowest BCUT2D eigenvalue weighted by molar-refractivity contribution is 0.0814. The Morgan fingerprint density at radius 3 is 2.06 bits per heavy atom. The van der Waals surface area contributed by atoms with E-state index in [4.69, 9.17) is 0 Å². The summed E-state index contributed by atoms with van der Waals surface area (Å²) in [7, 11) is 2.29. The summed E-state index contributed by atoms with van der Waals surface area (Å²) < 4.78 is 0. The number of hydrogen-bond donors (Lipinski definition) is 0. The van der Waals surface area contributed by atoms with E-state index in [1.165, 1.54) is 51.6 Å². The van der Waals surface area contributed by atoms with E-state index in [9.17, 15) is 0 Å². The zero-order valence-corrected chi connectivity index (χ0v) is 12.8. The lowest BCUT2D eigenvalue weighted by Crippen LogP contribution is -2.35. The molecule has 0 heterocycles. The fourth-order valence-corrected chi connectivity index (χ4v) is 3.04. The predicted molar refractivity (Wildman–Crippen MR) is 77.3 cm³/mol. The third kappa shape index (κ3) is 5.42. The summed E-state index contributed by atoms with van der Waals surface area (Å²) >= 11 is 0. The molecule has 0 unspecified atom stereocenters. The zero-order valence-electron chi connectivity index (χ0n) is 12.8. The van der Waals surface area contributed by atoms with Crippen molar-refractivity contribution in [1.29, 1.82) is 0 Å². The molecule has 1 fully saturated rings. The molecule has 0 aromatic heterocycles. The fraction of sp³-hybridized carbons (Fsp3) is 1.00. The van der Waals surface area contributed by atoms with E-state index in [0.717, 1.165) is 17.3 Å². The molecule has 0 aromatic rings. The van der Waals surface area contributed by atoms with E-state index in [1.54, 1.807) is 0 Å². The van der Waals surface area contributed by atoms with Gasteiger partial charge in [-0.15, -0.1) is 0 Å². The summed E-state index contributed by atoms with van der Waals surface area (Å²) in [6.45, 7) is 11.9. The second-order valence-corrected chi connectivity index (χ2v) is 7.19. The van der Waals surface area contributed by atoms with Crippen LogP contribution in [0.4, 0.5) is 0 Å². The molecule has 1 nitrogen and oxygen atoms in total. The number of hydrogen-bond acceptors (Lipinski definition) is 1. The molecule has 0 radical (unpaired) electrons. The van der Waals surface area contributed by atoms with Gasteiger partial charge in [0.2, 0.25) is 0 Å². The highest BCUT2D eigenvalue weighted by Crippen LogP contribution is 2.48. The van der Waals surface area contributed by atoms with Crippen LogP contribution in [-0.2, 0) is 0 Å². The van der Waals surface area contributed by atoms with Gasteiger partial charge in [0.1, 0.15) is 0 Å². The molecule has 1 rings (SSSR count). The highest BCUT2D eigenvalue weighted by Gasteiger charge is 2.36. The Morgan fingerprint density at radius 2 is 1.65 bits per heavy atom. The van der Waals surface area contributed by atoms with Gasteiger partial charge in [0.15, 0.2) is 0 Å². The van der Waals surface area contributed by atoms with Gasteiger partial charge in [0, 0.05) is 6.54 Å². The van der Waals surface area contributed by atoms with Crippen LogP contribution in [0, 0.1) is 17.3 Å². The fourth-order valence-electron chi connectivity index (χ4n) is 3.04. The number of nitrogens with zero attached hydrogens (tertiary/aromatic N) is 1. The van der Waals surface area contributed by atoms with Crippen molar-refractivity contribution in [2.24, 2.45) is 17.3 Å². The smallest absolute Gasteiger partial charge is 0.000134 e. The van der Waals surface area contributed by atoms with Crippen LogP contribution >= 0.6 is 0 Å². The van der Waals surface area contributed by atoms with Gasteiger partial charge in [-0.3, -0.25) is 0 Å². The minimum Gasteiger partial charge on any atom is -0.306 e. The molecular formula is C16H33N. The van der Waals surface area contributed by atoms with Crippen LogP contribution in [0.2, 0.25) is 0 Å². The topological polar surface area (TPSA) is 3.24 Å². The monoisotopic (exact) mass is 239 g/mol. The van der Waals surface area contributed by atoms with Crippen LogP contribution in [0.15, 0.2) is 0 Å². The molecule has 0 bridgehead atoms. The van der Waals surface area contributed by atoms with E-state index in [-0.39, 0.29) is 0 Å². The van der Waals surface area contributed by atoms with Crippen molar-refractivity contribution in [3.05, 3.63) is 0 Å². The molecule has 0 aliphatic heterocycles. The maximum atomic E-state index is 2.53. The maximum Gasteiger partial charge on any atom is 0.000134 e.